The van der Waals surface area contributed by atoms with E-state index in [1.54, 1.807) is 6.08 Å². The van der Waals surface area contributed by atoms with Crippen LogP contribution in [0.25, 0.3) is 10.9 Å². The second-order valence-electron chi connectivity index (χ2n) is 4.46. The molecule has 0 amide bonds. The van der Waals surface area contributed by atoms with E-state index >= 15 is 0 Å². The molecule has 0 spiro atoms. The van der Waals surface area contributed by atoms with Crippen LogP contribution in [0.3, 0.4) is 0 Å². The molecule has 0 unspecified atom stereocenters. The number of fused-ring (bicyclic) bond motifs is 1. The zero-order valence-electron chi connectivity index (χ0n) is 8.86. The van der Waals surface area contributed by atoms with Gasteiger partial charge < -0.3 is 4.98 Å². The fourth-order valence-electron chi connectivity index (χ4n) is 2.20. The molecule has 0 atom stereocenters. The van der Waals surface area contributed by atoms with Crippen molar-refractivity contribution in [1.29, 1.82) is 0 Å². The van der Waals surface area contributed by atoms with Crippen molar-refractivity contribution >= 4 is 17.0 Å². The Balaban J connectivity index is 1.98. The first-order chi connectivity index (χ1) is 7.83. The summed E-state index contributed by atoms with van der Waals surface area (Å²) in [5, 5.41) is 1.23. The van der Waals surface area contributed by atoms with E-state index < -0.39 is 0 Å². The van der Waals surface area contributed by atoms with Gasteiger partial charge in [0.05, 0.1) is 5.54 Å². The Morgan fingerprint density at radius 3 is 2.94 bits per heavy atom. The van der Waals surface area contributed by atoms with Crippen LogP contribution in [0.5, 0.6) is 0 Å². The summed E-state index contributed by atoms with van der Waals surface area (Å²) in [5.74, 6) is 0. The van der Waals surface area contributed by atoms with Crippen LogP contribution in [0.4, 0.5) is 0 Å². The summed E-state index contributed by atoms with van der Waals surface area (Å²) in [6.07, 6.45) is 6.56. The third-order valence-electron chi connectivity index (χ3n) is 3.30. The van der Waals surface area contributed by atoms with Gasteiger partial charge in [-0.1, -0.05) is 18.2 Å². The number of hydrogen-bond donors (Lipinski definition) is 1. The molecule has 1 aliphatic rings. The van der Waals surface area contributed by atoms with Crippen LogP contribution in [0.15, 0.2) is 35.5 Å². The fourth-order valence-corrected chi connectivity index (χ4v) is 2.20. The molecule has 0 radical (unpaired) electrons. The first-order valence-corrected chi connectivity index (χ1v) is 5.47. The summed E-state index contributed by atoms with van der Waals surface area (Å²) in [5.41, 5.74) is 2.24. The Hall–Kier alpha value is -1.86. The second kappa shape index (κ2) is 3.32. The number of H-pyrrole nitrogens is 1. The first kappa shape index (κ1) is 9.37. The Labute approximate surface area is 93.2 Å². The number of nitrogens with one attached hydrogen (secondary N) is 1. The van der Waals surface area contributed by atoms with Crippen molar-refractivity contribution in [3.8, 4) is 0 Å². The zero-order chi connectivity index (χ0) is 11.0. The largest absolute Gasteiger partial charge is 0.361 e. The van der Waals surface area contributed by atoms with Crippen molar-refractivity contribution < 1.29 is 4.79 Å². The molecule has 80 valence electrons. The Morgan fingerprint density at radius 1 is 1.38 bits per heavy atom. The summed E-state index contributed by atoms with van der Waals surface area (Å²) in [6, 6.07) is 8.20. The number of aliphatic imine (C=N–C) groups is 1. The Morgan fingerprint density at radius 2 is 2.19 bits per heavy atom. The van der Waals surface area contributed by atoms with E-state index in [4.69, 9.17) is 0 Å². The highest BCUT2D eigenvalue weighted by atomic mass is 16.1. The fraction of sp³-hybridized carbons (Fsp3) is 0.308. The van der Waals surface area contributed by atoms with E-state index in [1.165, 1.54) is 10.9 Å². The van der Waals surface area contributed by atoms with Crippen LogP contribution >= 0.6 is 0 Å². The van der Waals surface area contributed by atoms with Crippen LogP contribution in [0.2, 0.25) is 0 Å². The lowest BCUT2D eigenvalue weighted by molar-refractivity contribution is 0.553. The molecular weight excluding hydrogens is 200 g/mol. The van der Waals surface area contributed by atoms with Crippen LogP contribution in [0, 0.1) is 0 Å². The number of nitrogens with zero attached hydrogens (tertiary/aromatic N) is 1. The highest BCUT2D eigenvalue weighted by Gasteiger charge is 2.43. The van der Waals surface area contributed by atoms with Crippen molar-refractivity contribution in [3.05, 3.63) is 36.0 Å². The van der Waals surface area contributed by atoms with Gasteiger partial charge in [-0.2, -0.15) is 4.99 Å². The van der Waals surface area contributed by atoms with Gasteiger partial charge in [0.1, 0.15) is 0 Å². The van der Waals surface area contributed by atoms with Crippen LogP contribution in [-0.2, 0) is 11.2 Å². The van der Waals surface area contributed by atoms with E-state index in [1.807, 2.05) is 18.3 Å². The van der Waals surface area contributed by atoms with E-state index in [2.05, 4.69) is 22.1 Å². The second-order valence-corrected chi connectivity index (χ2v) is 4.46. The highest BCUT2D eigenvalue weighted by molar-refractivity contribution is 5.83. The van der Waals surface area contributed by atoms with E-state index in [-0.39, 0.29) is 5.54 Å². The minimum Gasteiger partial charge on any atom is -0.361 e. The Bertz CT molecular complexity index is 574. The van der Waals surface area contributed by atoms with Crippen molar-refractivity contribution in [2.24, 2.45) is 4.99 Å². The van der Waals surface area contributed by atoms with Crippen LogP contribution in [0.1, 0.15) is 18.4 Å². The normalized spacial score (nSPS) is 17.0. The van der Waals surface area contributed by atoms with Gasteiger partial charge in [-0.05, 0) is 24.5 Å². The number of aromatic amines is 1. The third kappa shape index (κ3) is 1.46. The smallest absolute Gasteiger partial charge is 0.235 e. The number of hydrogen-bond acceptors (Lipinski definition) is 2. The number of para-hydroxylation sites is 1. The van der Waals surface area contributed by atoms with Gasteiger partial charge >= 0.3 is 0 Å². The molecule has 1 aliphatic carbocycles. The van der Waals surface area contributed by atoms with Crippen molar-refractivity contribution in [2.75, 3.05) is 0 Å². The van der Waals surface area contributed by atoms with E-state index in [0.29, 0.717) is 0 Å². The molecule has 1 aromatic heterocycles. The van der Waals surface area contributed by atoms with Crippen molar-refractivity contribution in [2.45, 2.75) is 24.8 Å². The minimum atomic E-state index is -0.146. The molecular formula is C13H12N2O. The van der Waals surface area contributed by atoms with Gasteiger partial charge in [0, 0.05) is 23.5 Å². The summed E-state index contributed by atoms with van der Waals surface area (Å²) >= 11 is 0. The molecule has 3 nitrogen and oxygen atoms in total. The van der Waals surface area contributed by atoms with Gasteiger partial charge in [0.15, 0.2) is 0 Å². The first-order valence-electron chi connectivity index (χ1n) is 5.47. The number of benzene rings is 1. The van der Waals surface area contributed by atoms with Crippen LogP contribution < -0.4 is 0 Å². The van der Waals surface area contributed by atoms with Gasteiger partial charge in [0.2, 0.25) is 6.08 Å². The molecule has 0 saturated heterocycles. The standard InChI is InChI=1S/C13H12N2O/c16-9-15-13(5-6-13)7-10-8-14-12-4-2-1-3-11(10)12/h1-4,8,14H,5-7H2. The third-order valence-corrected chi connectivity index (χ3v) is 3.30. The Kier molecular flexibility index (Phi) is 1.95. The predicted molar refractivity (Wildman–Crippen MR) is 62.1 cm³/mol. The van der Waals surface area contributed by atoms with Crippen LogP contribution in [-0.4, -0.2) is 16.6 Å². The molecule has 0 bridgehead atoms. The van der Waals surface area contributed by atoms with Gasteiger partial charge in [0.25, 0.3) is 0 Å². The molecule has 1 saturated carbocycles. The lowest BCUT2D eigenvalue weighted by Gasteiger charge is -2.05. The topological polar surface area (TPSA) is 45.2 Å². The summed E-state index contributed by atoms with van der Waals surface area (Å²) in [6.45, 7) is 0. The maximum absolute atomic E-state index is 10.4. The molecule has 1 heterocycles. The van der Waals surface area contributed by atoms with Gasteiger partial charge in [-0.15, -0.1) is 0 Å². The van der Waals surface area contributed by atoms with E-state index in [9.17, 15) is 4.79 Å². The van der Waals surface area contributed by atoms with Gasteiger partial charge in [-0.25, -0.2) is 4.79 Å². The predicted octanol–water partition coefficient (Wildman–Crippen LogP) is 2.58. The molecule has 16 heavy (non-hydrogen) atoms. The summed E-state index contributed by atoms with van der Waals surface area (Å²) in [4.78, 5) is 17.5. The maximum atomic E-state index is 10.4. The summed E-state index contributed by atoms with van der Waals surface area (Å²) in [7, 11) is 0. The SMILES string of the molecule is O=C=NC1(Cc2c[nH]c3ccccc23)CC1. The number of rotatable bonds is 3. The number of carbonyl (C=O) groups excluding carboxylic acids is 1. The molecule has 2 aromatic rings. The van der Waals surface area contributed by atoms with Crippen molar-refractivity contribution in [3.63, 3.8) is 0 Å². The molecule has 3 rings (SSSR count). The average Bonchev–Trinajstić information content (AvgIpc) is 2.93. The maximum Gasteiger partial charge on any atom is 0.235 e. The minimum absolute atomic E-state index is 0.146. The number of aromatic nitrogens is 1. The lowest BCUT2D eigenvalue weighted by atomic mass is 10.0. The number of isocyanates is 1. The van der Waals surface area contributed by atoms with Gasteiger partial charge in [-0.3, -0.25) is 0 Å². The summed E-state index contributed by atoms with van der Waals surface area (Å²) < 4.78 is 0. The quantitative estimate of drug-likeness (QED) is 0.616. The molecule has 3 heteroatoms. The average molecular weight is 212 g/mol. The van der Waals surface area contributed by atoms with E-state index in [0.717, 1.165) is 24.8 Å². The monoisotopic (exact) mass is 212 g/mol. The highest BCUT2D eigenvalue weighted by Crippen LogP contribution is 2.43. The molecule has 1 N–H and O–H groups in total. The molecule has 1 aromatic carbocycles. The van der Waals surface area contributed by atoms with Crippen molar-refractivity contribution in [1.82, 2.24) is 4.98 Å². The molecule has 0 aliphatic heterocycles. The molecule has 1 fully saturated rings. The zero-order valence-corrected chi connectivity index (χ0v) is 8.86. The lowest BCUT2D eigenvalue weighted by Crippen LogP contribution is -2.08.